The van der Waals surface area contributed by atoms with Gasteiger partial charge in [0.1, 0.15) is 6.33 Å². The number of halogens is 4. The third kappa shape index (κ3) is 4.82. The molecule has 2 rings (SSSR count). The Morgan fingerprint density at radius 1 is 1.33 bits per heavy atom. The van der Waals surface area contributed by atoms with Crippen LogP contribution in [0, 0.1) is 0 Å². The van der Waals surface area contributed by atoms with Gasteiger partial charge in [0.2, 0.25) is 0 Å². The van der Waals surface area contributed by atoms with E-state index in [4.69, 9.17) is 16.3 Å². The van der Waals surface area contributed by atoms with Gasteiger partial charge in [0.05, 0.1) is 11.7 Å². The van der Waals surface area contributed by atoms with Crippen molar-refractivity contribution in [3.05, 3.63) is 41.2 Å². The Morgan fingerprint density at radius 2 is 2.04 bits per heavy atom. The highest BCUT2D eigenvalue weighted by Crippen LogP contribution is 2.33. The third-order valence-corrected chi connectivity index (χ3v) is 2.93. The molecule has 0 atom stereocenters. The second kappa shape index (κ2) is 7.04. The number of nitrogens with zero attached hydrogens (tertiary/aromatic N) is 3. The minimum absolute atomic E-state index is 0.0462. The Morgan fingerprint density at radius 3 is 2.67 bits per heavy atom. The Balaban J connectivity index is 2.23. The molecule has 0 N–H and O–H groups in total. The van der Waals surface area contributed by atoms with Crippen molar-refractivity contribution < 1.29 is 22.7 Å². The van der Waals surface area contributed by atoms with E-state index in [1.165, 1.54) is 23.3 Å². The van der Waals surface area contributed by atoms with Crippen LogP contribution in [0.25, 0.3) is 17.6 Å². The van der Waals surface area contributed by atoms with Gasteiger partial charge in [0, 0.05) is 22.9 Å². The highest BCUT2D eigenvalue weighted by Gasteiger charge is 2.31. The minimum Gasteiger partial charge on any atom is -0.460 e. The van der Waals surface area contributed by atoms with Crippen LogP contribution in [0.2, 0.25) is 5.02 Å². The zero-order valence-corrected chi connectivity index (χ0v) is 13.5. The van der Waals surface area contributed by atoms with Crippen LogP contribution in [-0.2, 0) is 15.7 Å². The van der Waals surface area contributed by atoms with E-state index in [0.29, 0.717) is 0 Å². The van der Waals surface area contributed by atoms with Crippen molar-refractivity contribution in [2.75, 3.05) is 0 Å². The van der Waals surface area contributed by atoms with E-state index in [-0.39, 0.29) is 22.5 Å². The largest absolute Gasteiger partial charge is 0.460 e. The van der Waals surface area contributed by atoms with E-state index >= 15 is 0 Å². The maximum absolute atomic E-state index is 12.8. The fourth-order valence-electron chi connectivity index (χ4n) is 1.77. The molecule has 9 heteroatoms. The van der Waals surface area contributed by atoms with Crippen LogP contribution in [0.5, 0.6) is 0 Å². The number of benzene rings is 1. The number of hydrogen-bond acceptors (Lipinski definition) is 4. The predicted molar refractivity (Wildman–Crippen MR) is 82.0 cm³/mol. The van der Waals surface area contributed by atoms with E-state index in [1.807, 2.05) is 0 Å². The molecule has 128 valence electrons. The molecule has 0 saturated carbocycles. The van der Waals surface area contributed by atoms with Gasteiger partial charge in [0.15, 0.2) is 5.82 Å². The number of hydrogen-bond donors (Lipinski definition) is 0. The van der Waals surface area contributed by atoms with E-state index < -0.39 is 17.7 Å². The van der Waals surface area contributed by atoms with Crippen LogP contribution in [0.4, 0.5) is 13.2 Å². The van der Waals surface area contributed by atoms with Gasteiger partial charge in [-0.2, -0.15) is 13.2 Å². The Hall–Kier alpha value is -2.35. The summed E-state index contributed by atoms with van der Waals surface area (Å²) in [5.41, 5.74) is -0.774. The van der Waals surface area contributed by atoms with E-state index in [1.54, 1.807) is 13.8 Å². The number of aromatic nitrogens is 3. The van der Waals surface area contributed by atoms with Crippen LogP contribution >= 0.6 is 11.6 Å². The van der Waals surface area contributed by atoms with Crippen LogP contribution in [0.3, 0.4) is 0 Å². The summed E-state index contributed by atoms with van der Waals surface area (Å²) in [4.78, 5) is 15.3. The summed E-state index contributed by atoms with van der Waals surface area (Å²) in [6, 6.07) is 3.05. The second-order valence-corrected chi connectivity index (χ2v) is 5.51. The fourth-order valence-corrected chi connectivity index (χ4v) is 2.01. The highest BCUT2D eigenvalue weighted by atomic mass is 35.5. The second-order valence-electron chi connectivity index (χ2n) is 5.08. The Kier molecular flexibility index (Phi) is 5.28. The topological polar surface area (TPSA) is 57.0 Å². The van der Waals surface area contributed by atoms with Gasteiger partial charge >= 0.3 is 12.1 Å². The SMILES string of the molecule is CC(C)OC(=O)/C=C/n1cnc(-c2cc(Cl)cc(C(F)(F)F)c2)n1. The van der Waals surface area contributed by atoms with Crippen LogP contribution in [0.15, 0.2) is 30.6 Å². The first-order valence-electron chi connectivity index (χ1n) is 6.83. The van der Waals surface area contributed by atoms with Gasteiger partial charge in [-0.1, -0.05) is 11.6 Å². The molecule has 0 fully saturated rings. The molecule has 5 nitrogen and oxygen atoms in total. The summed E-state index contributed by atoms with van der Waals surface area (Å²) >= 11 is 5.73. The van der Waals surface area contributed by atoms with Gasteiger partial charge in [-0.25, -0.2) is 14.5 Å². The molecule has 0 aliphatic carbocycles. The first-order chi connectivity index (χ1) is 11.1. The summed E-state index contributed by atoms with van der Waals surface area (Å²) in [6.07, 6.45) is -1.11. The molecule has 0 bridgehead atoms. The van der Waals surface area contributed by atoms with Crippen molar-refractivity contribution in [1.82, 2.24) is 14.8 Å². The van der Waals surface area contributed by atoms with Gasteiger partial charge in [-0.3, -0.25) is 0 Å². The third-order valence-electron chi connectivity index (χ3n) is 2.71. The molecule has 2 aromatic rings. The van der Waals surface area contributed by atoms with Gasteiger partial charge < -0.3 is 4.74 Å². The average Bonchev–Trinajstić information content (AvgIpc) is 2.91. The predicted octanol–water partition coefficient (Wildman–Crippen LogP) is 4.04. The van der Waals surface area contributed by atoms with Crippen LogP contribution in [0.1, 0.15) is 19.4 Å². The lowest BCUT2D eigenvalue weighted by Gasteiger charge is -2.08. The zero-order valence-electron chi connectivity index (χ0n) is 12.7. The van der Waals surface area contributed by atoms with Crippen molar-refractivity contribution in [3.63, 3.8) is 0 Å². The number of carbonyl (C=O) groups is 1. The number of esters is 1. The normalized spacial score (nSPS) is 12.1. The Labute approximate surface area is 140 Å². The van der Waals surface area contributed by atoms with Crippen molar-refractivity contribution in [2.24, 2.45) is 0 Å². The standard InChI is InChI=1S/C15H13ClF3N3O2/c1-9(2)24-13(23)3-4-22-8-20-14(21-22)10-5-11(15(17,18)19)7-12(16)6-10/h3-9H,1-2H3/b4-3+. The molecule has 0 amide bonds. The molecule has 1 aromatic carbocycles. The van der Waals surface area contributed by atoms with Gasteiger partial charge in [0.25, 0.3) is 0 Å². The van der Waals surface area contributed by atoms with E-state index in [2.05, 4.69) is 10.1 Å². The average molecular weight is 360 g/mol. The molecule has 1 aromatic heterocycles. The fraction of sp³-hybridized carbons (Fsp3) is 0.267. The molecular formula is C15H13ClF3N3O2. The molecule has 0 saturated heterocycles. The summed E-state index contributed by atoms with van der Waals surface area (Å²) in [6.45, 7) is 3.41. The summed E-state index contributed by atoms with van der Waals surface area (Å²) in [5.74, 6) is -0.519. The summed E-state index contributed by atoms with van der Waals surface area (Å²) in [7, 11) is 0. The van der Waals surface area contributed by atoms with Crippen LogP contribution < -0.4 is 0 Å². The summed E-state index contributed by atoms with van der Waals surface area (Å²) < 4.78 is 44.5. The number of ether oxygens (including phenoxy) is 1. The Bertz CT molecular complexity index is 770. The molecule has 0 aliphatic heterocycles. The highest BCUT2D eigenvalue weighted by molar-refractivity contribution is 6.30. The van der Waals surface area contributed by atoms with Crippen LogP contribution in [-0.4, -0.2) is 26.8 Å². The van der Waals surface area contributed by atoms with E-state index in [9.17, 15) is 18.0 Å². The van der Waals surface area contributed by atoms with Crippen molar-refractivity contribution >= 4 is 23.8 Å². The maximum atomic E-state index is 12.8. The minimum atomic E-state index is -4.53. The van der Waals surface area contributed by atoms with Crippen molar-refractivity contribution in [3.8, 4) is 11.4 Å². The monoisotopic (exact) mass is 359 g/mol. The van der Waals surface area contributed by atoms with Crippen molar-refractivity contribution in [1.29, 1.82) is 0 Å². The first-order valence-corrected chi connectivity index (χ1v) is 7.21. The van der Waals surface area contributed by atoms with E-state index in [0.717, 1.165) is 18.2 Å². The molecule has 1 heterocycles. The molecular weight excluding hydrogens is 347 g/mol. The number of alkyl halides is 3. The lowest BCUT2D eigenvalue weighted by molar-refractivity contribution is -0.141. The molecule has 0 unspecified atom stereocenters. The molecule has 0 aliphatic rings. The van der Waals surface area contributed by atoms with Gasteiger partial charge in [-0.15, -0.1) is 5.10 Å². The maximum Gasteiger partial charge on any atom is 0.416 e. The zero-order chi connectivity index (χ0) is 17.9. The lowest BCUT2D eigenvalue weighted by atomic mass is 10.1. The molecule has 0 radical (unpaired) electrons. The molecule has 0 spiro atoms. The number of carbonyl (C=O) groups excluding carboxylic acids is 1. The summed E-state index contributed by atoms with van der Waals surface area (Å²) in [5, 5.41) is 3.90. The first kappa shape index (κ1) is 18.0. The molecule has 24 heavy (non-hydrogen) atoms. The van der Waals surface area contributed by atoms with Gasteiger partial charge in [-0.05, 0) is 32.0 Å². The smallest absolute Gasteiger partial charge is 0.416 e. The number of rotatable bonds is 4. The van der Waals surface area contributed by atoms with Crippen molar-refractivity contribution in [2.45, 2.75) is 26.1 Å². The quantitative estimate of drug-likeness (QED) is 0.610. The lowest BCUT2D eigenvalue weighted by Crippen LogP contribution is -2.08.